The Kier molecular flexibility index (Phi) is 3.67. The van der Waals surface area contributed by atoms with E-state index in [1.165, 1.54) is 19.3 Å². The normalized spacial score (nSPS) is 14.9. The zero-order chi connectivity index (χ0) is 15.8. The number of pyridine rings is 2. The summed E-state index contributed by atoms with van der Waals surface area (Å²) in [5.41, 5.74) is 3.27. The van der Waals surface area contributed by atoms with E-state index in [0.29, 0.717) is 11.1 Å². The Morgan fingerprint density at radius 3 is 2.91 bits per heavy atom. The minimum absolute atomic E-state index is 0.0215. The molecular weight excluding hydrogens is 312 g/mol. The molecule has 118 valence electrons. The molecule has 0 aliphatic heterocycles. The molecule has 1 fully saturated rings. The van der Waals surface area contributed by atoms with Crippen LogP contribution >= 0.6 is 11.6 Å². The highest BCUT2D eigenvalue weighted by molar-refractivity contribution is 6.30. The van der Waals surface area contributed by atoms with Crippen LogP contribution in [0.4, 0.5) is 5.82 Å². The monoisotopic (exact) mass is 328 g/mol. The van der Waals surface area contributed by atoms with Gasteiger partial charge in [-0.05, 0) is 49.1 Å². The largest absolute Gasteiger partial charge is 0.392 e. The van der Waals surface area contributed by atoms with Crippen LogP contribution in [-0.2, 0) is 6.61 Å². The van der Waals surface area contributed by atoms with Gasteiger partial charge in [0, 0.05) is 12.2 Å². The molecule has 6 heteroatoms. The Labute approximate surface area is 139 Å². The fourth-order valence-electron chi connectivity index (χ4n) is 2.79. The highest BCUT2D eigenvalue weighted by Crippen LogP contribution is 2.27. The van der Waals surface area contributed by atoms with Gasteiger partial charge in [0.05, 0.1) is 29.2 Å². The molecule has 0 aromatic carbocycles. The Morgan fingerprint density at radius 1 is 1.30 bits per heavy atom. The van der Waals surface area contributed by atoms with E-state index >= 15 is 0 Å². The molecule has 0 radical (unpaired) electrons. The maximum atomic E-state index is 9.55. The van der Waals surface area contributed by atoms with Gasteiger partial charge in [-0.3, -0.25) is 4.40 Å². The van der Waals surface area contributed by atoms with Crippen LogP contribution in [0.2, 0.25) is 5.02 Å². The number of halogens is 1. The number of imidazole rings is 1. The summed E-state index contributed by atoms with van der Waals surface area (Å²) in [4.78, 5) is 9.09. The summed E-state index contributed by atoms with van der Waals surface area (Å²) < 4.78 is 1.92. The Morgan fingerprint density at radius 2 is 2.17 bits per heavy atom. The number of aliphatic hydroxyl groups excluding tert-OH is 1. The molecule has 1 saturated carbocycles. The average Bonchev–Trinajstić information content (AvgIpc) is 2.93. The van der Waals surface area contributed by atoms with Crippen molar-refractivity contribution in [3.8, 4) is 11.4 Å². The second-order valence-corrected chi connectivity index (χ2v) is 6.33. The summed E-state index contributed by atoms with van der Waals surface area (Å²) in [5, 5.41) is 13.6. The molecule has 5 nitrogen and oxygen atoms in total. The van der Waals surface area contributed by atoms with E-state index in [9.17, 15) is 5.11 Å². The van der Waals surface area contributed by atoms with Gasteiger partial charge in [0.25, 0.3) is 0 Å². The zero-order valence-electron chi connectivity index (χ0n) is 12.5. The van der Waals surface area contributed by atoms with Crippen molar-refractivity contribution in [1.29, 1.82) is 0 Å². The average molecular weight is 329 g/mol. The molecule has 0 bridgehead atoms. The van der Waals surface area contributed by atoms with E-state index in [1.807, 2.05) is 34.9 Å². The van der Waals surface area contributed by atoms with Gasteiger partial charge >= 0.3 is 0 Å². The van der Waals surface area contributed by atoms with Crippen molar-refractivity contribution in [3.05, 3.63) is 47.2 Å². The van der Waals surface area contributed by atoms with E-state index in [2.05, 4.69) is 10.3 Å². The number of hydrogen-bond donors (Lipinski definition) is 2. The lowest BCUT2D eigenvalue weighted by Crippen LogP contribution is -2.27. The third-order valence-corrected chi connectivity index (χ3v) is 4.48. The summed E-state index contributed by atoms with van der Waals surface area (Å²) in [6.45, 7) is -0.0215. The number of aromatic nitrogens is 3. The smallest absolute Gasteiger partial charge is 0.137 e. The molecule has 0 spiro atoms. The van der Waals surface area contributed by atoms with Gasteiger partial charge in [0.1, 0.15) is 11.5 Å². The Hall–Kier alpha value is -2.11. The van der Waals surface area contributed by atoms with Crippen molar-refractivity contribution in [2.75, 3.05) is 5.32 Å². The van der Waals surface area contributed by atoms with Gasteiger partial charge in [-0.15, -0.1) is 0 Å². The lowest BCUT2D eigenvalue weighted by molar-refractivity contribution is 0.282. The fraction of sp³-hybridized carbons (Fsp3) is 0.294. The molecule has 0 unspecified atom stereocenters. The molecule has 0 atom stereocenters. The molecule has 4 rings (SSSR count). The maximum absolute atomic E-state index is 9.55. The number of hydrogen-bond acceptors (Lipinski definition) is 4. The SMILES string of the molecule is OCc1cc(NC2CCC2)nc(-c2cnc3ccc(Cl)cn23)c1. The first-order valence-electron chi connectivity index (χ1n) is 7.74. The molecule has 1 aliphatic carbocycles. The van der Waals surface area contributed by atoms with Gasteiger partial charge in [-0.1, -0.05) is 11.6 Å². The predicted octanol–water partition coefficient (Wildman–Crippen LogP) is 3.51. The molecule has 0 saturated heterocycles. The predicted molar refractivity (Wildman–Crippen MR) is 90.6 cm³/mol. The molecule has 0 amide bonds. The van der Waals surface area contributed by atoms with Gasteiger partial charge in [-0.25, -0.2) is 9.97 Å². The number of fused-ring (bicyclic) bond motifs is 1. The standard InChI is InChI=1S/C17H17ClN4O/c18-12-4-5-17-19-8-15(22(17)9-12)14-6-11(10-23)7-16(21-14)20-13-2-1-3-13/h4-9,13,23H,1-3,10H2,(H,20,21). The lowest BCUT2D eigenvalue weighted by Gasteiger charge is -2.27. The Bertz CT molecular complexity index is 857. The number of rotatable bonds is 4. The summed E-state index contributed by atoms with van der Waals surface area (Å²) in [5.74, 6) is 0.799. The quantitative estimate of drug-likeness (QED) is 0.769. The van der Waals surface area contributed by atoms with Crippen LogP contribution in [0.5, 0.6) is 0 Å². The second-order valence-electron chi connectivity index (χ2n) is 5.90. The van der Waals surface area contributed by atoms with Crippen LogP contribution in [0, 0.1) is 0 Å². The van der Waals surface area contributed by atoms with E-state index in [-0.39, 0.29) is 6.61 Å². The number of nitrogens with one attached hydrogen (secondary N) is 1. The second kappa shape index (κ2) is 5.83. The molecule has 3 aromatic heterocycles. The Balaban J connectivity index is 1.79. The molecular formula is C17H17ClN4O. The molecule has 3 heterocycles. The fourth-order valence-corrected chi connectivity index (χ4v) is 2.95. The van der Waals surface area contributed by atoms with Crippen LogP contribution in [0.1, 0.15) is 24.8 Å². The van der Waals surface area contributed by atoms with Gasteiger partial charge in [0.2, 0.25) is 0 Å². The van der Waals surface area contributed by atoms with Crippen LogP contribution in [-0.4, -0.2) is 25.5 Å². The van der Waals surface area contributed by atoms with E-state index < -0.39 is 0 Å². The van der Waals surface area contributed by atoms with Gasteiger partial charge in [-0.2, -0.15) is 0 Å². The number of aliphatic hydroxyl groups is 1. The summed E-state index contributed by atoms with van der Waals surface area (Å²) in [6.07, 6.45) is 7.21. The molecule has 23 heavy (non-hydrogen) atoms. The third-order valence-electron chi connectivity index (χ3n) is 4.26. The van der Waals surface area contributed by atoms with Crippen molar-refractivity contribution in [3.63, 3.8) is 0 Å². The van der Waals surface area contributed by atoms with E-state index in [0.717, 1.165) is 28.4 Å². The van der Waals surface area contributed by atoms with Crippen LogP contribution in [0.3, 0.4) is 0 Å². The first kappa shape index (κ1) is 14.5. The van der Waals surface area contributed by atoms with Crippen molar-refractivity contribution in [1.82, 2.24) is 14.4 Å². The number of anilines is 1. The van der Waals surface area contributed by atoms with E-state index in [4.69, 9.17) is 16.6 Å². The molecule has 3 aromatic rings. The van der Waals surface area contributed by atoms with Crippen molar-refractivity contribution in [2.45, 2.75) is 31.9 Å². The molecule has 2 N–H and O–H groups in total. The maximum Gasteiger partial charge on any atom is 0.137 e. The summed E-state index contributed by atoms with van der Waals surface area (Å²) in [7, 11) is 0. The topological polar surface area (TPSA) is 62.5 Å². The highest BCUT2D eigenvalue weighted by Gasteiger charge is 2.18. The van der Waals surface area contributed by atoms with Crippen molar-refractivity contribution < 1.29 is 5.11 Å². The summed E-state index contributed by atoms with van der Waals surface area (Å²) in [6, 6.07) is 7.96. The van der Waals surface area contributed by atoms with Crippen molar-refractivity contribution in [2.24, 2.45) is 0 Å². The first-order chi connectivity index (χ1) is 11.2. The third kappa shape index (κ3) is 2.78. The minimum atomic E-state index is -0.0215. The van der Waals surface area contributed by atoms with E-state index in [1.54, 1.807) is 6.20 Å². The van der Waals surface area contributed by atoms with Crippen LogP contribution in [0.25, 0.3) is 17.0 Å². The van der Waals surface area contributed by atoms with Gasteiger partial charge < -0.3 is 10.4 Å². The zero-order valence-corrected chi connectivity index (χ0v) is 13.3. The highest BCUT2D eigenvalue weighted by atomic mass is 35.5. The minimum Gasteiger partial charge on any atom is -0.392 e. The lowest BCUT2D eigenvalue weighted by atomic mass is 9.93. The molecule has 1 aliphatic rings. The van der Waals surface area contributed by atoms with Crippen LogP contribution in [0.15, 0.2) is 36.7 Å². The van der Waals surface area contributed by atoms with Gasteiger partial charge in [0.15, 0.2) is 0 Å². The summed E-state index contributed by atoms with van der Waals surface area (Å²) >= 11 is 6.10. The number of nitrogens with zero attached hydrogens (tertiary/aromatic N) is 3. The van der Waals surface area contributed by atoms with Crippen LogP contribution < -0.4 is 5.32 Å². The first-order valence-corrected chi connectivity index (χ1v) is 8.12. The van der Waals surface area contributed by atoms with Crippen molar-refractivity contribution >= 4 is 23.1 Å².